The van der Waals surface area contributed by atoms with E-state index < -0.39 is 0 Å². The van der Waals surface area contributed by atoms with Crippen LogP contribution in [0.4, 0.5) is 5.69 Å². The van der Waals surface area contributed by atoms with Gasteiger partial charge < -0.3 is 9.47 Å². The van der Waals surface area contributed by atoms with Gasteiger partial charge in [0, 0.05) is 41.3 Å². The van der Waals surface area contributed by atoms with Crippen LogP contribution in [-0.2, 0) is 0 Å². The molecule has 0 saturated carbocycles. The summed E-state index contributed by atoms with van der Waals surface area (Å²) in [4.78, 5) is 20.0. The highest BCUT2D eigenvalue weighted by atomic mass is 15.1. The molecule has 2 aliphatic carbocycles. The summed E-state index contributed by atoms with van der Waals surface area (Å²) in [5.74, 6) is 0. The summed E-state index contributed by atoms with van der Waals surface area (Å²) in [6.07, 6.45) is 31.9. The van der Waals surface area contributed by atoms with E-state index in [1.165, 1.54) is 5.39 Å². The third-order valence-corrected chi connectivity index (χ3v) is 7.98. The van der Waals surface area contributed by atoms with Gasteiger partial charge in [0.25, 0.3) is 0 Å². The number of hydrogen-bond acceptors (Lipinski definition) is 5. The molecule has 5 aromatic rings. The van der Waals surface area contributed by atoms with Crippen molar-refractivity contribution >= 4 is 51.3 Å². The van der Waals surface area contributed by atoms with Gasteiger partial charge in [0.1, 0.15) is 0 Å². The van der Waals surface area contributed by atoms with E-state index in [1.54, 1.807) is 18.6 Å². The zero-order valence-corrected chi connectivity index (χ0v) is 25.4. The molecule has 0 atom stereocenters. The molecule has 0 fully saturated rings. The molecule has 0 spiro atoms. The zero-order chi connectivity index (χ0) is 31.1. The van der Waals surface area contributed by atoms with Gasteiger partial charge in [0.05, 0.1) is 28.8 Å². The molecule has 3 heterocycles. The van der Waals surface area contributed by atoms with E-state index in [2.05, 4.69) is 128 Å². The van der Waals surface area contributed by atoms with Crippen molar-refractivity contribution in [1.82, 2.24) is 24.5 Å². The summed E-state index contributed by atoms with van der Waals surface area (Å²) < 4.78 is 2.34. The molecule has 7 rings (SSSR count). The SMILES string of the molecule is C=Cc1c(/C=C\CN(C2=C=CC=CC=C2)c2ccccc2)n(C2=C/C/C=C(/c3cnc4nccnc4n3)C/C=C\2)c2ccccc12. The van der Waals surface area contributed by atoms with E-state index in [4.69, 9.17) is 4.98 Å². The lowest BCUT2D eigenvalue weighted by molar-refractivity contribution is 1.04. The van der Waals surface area contributed by atoms with Crippen LogP contribution in [0.25, 0.3) is 45.6 Å². The quantitative estimate of drug-likeness (QED) is 0.167. The number of rotatable bonds is 8. The predicted octanol–water partition coefficient (Wildman–Crippen LogP) is 8.98. The van der Waals surface area contributed by atoms with E-state index >= 15 is 0 Å². The van der Waals surface area contributed by atoms with Crippen molar-refractivity contribution in [2.24, 2.45) is 0 Å². The normalized spacial score (nSPS) is 17.5. The molecular weight excluding hydrogens is 564 g/mol. The molecule has 0 bridgehead atoms. The van der Waals surface area contributed by atoms with Gasteiger partial charge in [-0.1, -0.05) is 97.3 Å². The molecule has 2 aliphatic rings. The number of aromatic nitrogens is 5. The minimum Gasteiger partial charge on any atom is -0.331 e. The number of hydrogen-bond donors (Lipinski definition) is 0. The Balaban J connectivity index is 1.24. The average molecular weight is 597 g/mol. The van der Waals surface area contributed by atoms with Gasteiger partial charge in [-0.2, -0.15) is 0 Å². The van der Waals surface area contributed by atoms with Crippen LogP contribution >= 0.6 is 0 Å². The Labute approximate surface area is 268 Å². The minimum atomic E-state index is 0.552. The van der Waals surface area contributed by atoms with Gasteiger partial charge in [-0.25, -0.2) is 19.9 Å². The highest BCUT2D eigenvalue weighted by Gasteiger charge is 2.16. The first kappa shape index (κ1) is 28.7. The Hall–Kier alpha value is -6.10. The van der Waals surface area contributed by atoms with E-state index in [-0.39, 0.29) is 0 Å². The standard InChI is InChI=1S/C40H32N6/c1-2-34-35-23-10-11-24-38(35)46(33-21-12-15-30(16-13-22-33)36-29-43-39-40(44-36)42-27-26-41-39)37(34)25-14-28-45(32-19-8-5-9-20-32)31-17-6-3-4-7-18-31/h2-12,14,16-17,19-27,29H,1,13,15,28H2/b21-12-,25-14-,30-16+,33-22+. The van der Waals surface area contributed by atoms with E-state index in [0.717, 1.165) is 58.0 Å². The fourth-order valence-electron chi connectivity index (χ4n) is 5.85. The maximum atomic E-state index is 4.72. The largest absolute Gasteiger partial charge is 0.331 e. The van der Waals surface area contributed by atoms with Crippen molar-refractivity contribution in [3.8, 4) is 0 Å². The molecule has 222 valence electrons. The van der Waals surface area contributed by atoms with Gasteiger partial charge >= 0.3 is 0 Å². The highest BCUT2D eigenvalue weighted by molar-refractivity contribution is 5.97. The lowest BCUT2D eigenvalue weighted by atomic mass is 10.0. The lowest BCUT2D eigenvalue weighted by Gasteiger charge is -2.23. The number of benzene rings is 2. The summed E-state index contributed by atoms with van der Waals surface area (Å²) in [6, 6.07) is 19.0. The van der Waals surface area contributed by atoms with Crippen molar-refractivity contribution in [2.45, 2.75) is 12.8 Å². The van der Waals surface area contributed by atoms with E-state index in [1.807, 2.05) is 36.4 Å². The smallest absolute Gasteiger partial charge is 0.198 e. The Morgan fingerprint density at radius 3 is 2.63 bits per heavy atom. The highest BCUT2D eigenvalue weighted by Crippen LogP contribution is 2.33. The Bertz CT molecular complexity index is 2180. The molecule has 0 aliphatic heterocycles. The van der Waals surface area contributed by atoms with Gasteiger partial charge in [-0.05, 0) is 60.9 Å². The molecule has 0 saturated heterocycles. The number of para-hydroxylation sites is 2. The second kappa shape index (κ2) is 13.3. The van der Waals surface area contributed by atoms with Crippen molar-refractivity contribution in [1.29, 1.82) is 0 Å². The molecule has 3 aromatic heterocycles. The van der Waals surface area contributed by atoms with Gasteiger partial charge in [-0.3, -0.25) is 0 Å². The first-order valence-corrected chi connectivity index (χ1v) is 15.4. The number of nitrogens with zero attached hydrogens (tertiary/aromatic N) is 6. The summed E-state index contributed by atoms with van der Waals surface area (Å²) in [6.45, 7) is 4.88. The predicted molar refractivity (Wildman–Crippen MR) is 190 cm³/mol. The third kappa shape index (κ3) is 5.85. The lowest BCUT2D eigenvalue weighted by Crippen LogP contribution is -2.21. The van der Waals surface area contributed by atoms with Crippen LogP contribution < -0.4 is 4.90 Å². The van der Waals surface area contributed by atoms with Crippen LogP contribution in [0.2, 0.25) is 0 Å². The molecule has 6 heteroatoms. The number of allylic oxidation sites excluding steroid dienone is 10. The van der Waals surface area contributed by atoms with Gasteiger partial charge in [0.2, 0.25) is 0 Å². The molecule has 0 amide bonds. The summed E-state index contributed by atoms with van der Waals surface area (Å²) in [5.41, 5.74) is 13.0. The van der Waals surface area contributed by atoms with Crippen molar-refractivity contribution < 1.29 is 0 Å². The maximum Gasteiger partial charge on any atom is 0.198 e. The van der Waals surface area contributed by atoms with E-state index in [9.17, 15) is 0 Å². The fourth-order valence-corrected chi connectivity index (χ4v) is 5.85. The monoisotopic (exact) mass is 596 g/mol. The number of anilines is 1. The first-order chi connectivity index (χ1) is 22.8. The van der Waals surface area contributed by atoms with Crippen LogP contribution in [0, 0.1) is 0 Å². The maximum absolute atomic E-state index is 4.72. The van der Waals surface area contributed by atoms with Crippen molar-refractivity contribution in [3.63, 3.8) is 0 Å². The topological polar surface area (TPSA) is 59.7 Å². The number of fused-ring (bicyclic) bond motifs is 2. The second-order valence-electron chi connectivity index (χ2n) is 10.8. The molecule has 0 radical (unpaired) electrons. The van der Waals surface area contributed by atoms with Crippen LogP contribution in [-0.4, -0.2) is 31.0 Å². The molecular formula is C40H32N6. The van der Waals surface area contributed by atoms with Crippen LogP contribution in [0.15, 0.2) is 152 Å². The zero-order valence-electron chi connectivity index (χ0n) is 25.4. The van der Waals surface area contributed by atoms with Gasteiger partial charge in [0.15, 0.2) is 11.3 Å². The van der Waals surface area contributed by atoms with Crippen LogP contribution in [0.1, 0.15) is 29.8 Å². The molecule has 6 nitrogen and oxygen atoms in total. The second-order valence-corrected chi connectivity index (χ2v) is 10.8. The molecule has 46 heavy (non-hydrogen) atoms. The summed E-state index contributed by atoms with van der Waals surface area (Å²) in [7, 11) is 0. The first-order valence-electron chi connectivity index (χ1n) is 15.4. The fraction of sp³-hybridized carbons (Fsp3) is 0.0750. The molecule has 0 unspecified atom stereocenters. The Morgan fingerprint density at radius 2 is 1.74 bits per heavy atom. The van der Waals surface area contributed by atoms with Gasteiger partial charge in [-0.15, -0.1) is 0 Å². The van der Waals surface area contributed by atoms with Crippen LogP contribution in [0.3, 0.4) is 0 Å². The molecule has 2 aromatic carbocycles. The van der Waals surface area contributed by atoms with Crippen LogP contribution in [0.5, 0.6) is 0 Å². The summed E-state index contributed by atoms with van der Waals surface area (Å²) in [5, 5.41) is 1.17. The Kier molecular flexibility index (Phi) is 8.26. The minimum absolute atomic E-state index is 0.552. The van der Waals surface area contributed by atoms with Crippen molar-refractivity contribution in [3.05, 3.63) is 169 Å². The van der Waals surface area contributed by atoms with E-state index in [0.29, 0.717) is 17.8 Å². The molecule has 0 N–H and O–H groups in total. The summed E-state index contributed by atoms with van der Waals surface area (Å²) >= 11 is 0. The third-order valence-electron chi connectivity index (χ3n) is 7.98. The van der Waals surface area contributed by atoms with Crippen molar-refractivity contribution in [2.75, 3.05) is 11.4 Å². The Morgan fingerprint density at radius 1 is 0.891 bits per heavy atom. The average Bonchev–Trinajstić information content (AvgIpc) is 3.20.